The number of hydrogen-bond donors (Lipinski definition) is 1. The molecule has 24 heavy (non-hydrogen) atoms. The van der Waals surface area contributed by atoms with Crippen molar-refractivity contribution in [3.63, 3.8) is 0 Å². The van der Waals surface area contributed by atoms with Gasteiger partial charge in [-0.2, -0.15) is 0 Å². The Morgan fingerprint density at radius 1 is 1.12 bits per heavy atom. The summed E-state index contributed by atoms with van der Waals surface area (Å²) >= 11 is 1.17. The molecule has 0 atom stereocenters. The summed E-state index contributed by atoms with van der Waals surface area (Å²) in [6, 6.07) is 6.97. The molecule has 0 saturated heterocycles. The standard InChI is InChI=1S/C17H13F2N3OS/c18-13-2-1-3-14(19)15(13)17-22-12(10-24-17)6-9-21-16(23)11-4-7-20-8-5-11/h1-5,7-8,10H,6,9H2,(H,21,23). The van der Waals surface area contributed by atoms with Gasteiger partial charge in [0.15, 0.2) is 0 Å². The predicted molar refractivity (Wildman–Crippen MR) is 87.7 cm³/mol. The van der Waals surface area contributed by atoms with E-state index >= 15 is 0 Å². The van der Waals surface area contributed by atoms with Gasteiger partial charge in [-0.05, 0) is 24.3 Å². The summed E-state index contributed by atoms with van der Waals surface area (Å²) in [5, 5.41) is 4.80. The number of aromatic nitrogens is 2. The van der Waals surface area contributed by atoms with Gasteiger partial charge >= 0.3 is 0 Å². The molecule has 0 bridgehead atoms. The Balaban J connectivity index is 1.62. The van der Waals surface area contributed by atoms with E-state index in [1.54, 1.807) is 29.9 Å². The van der Waals surface area contributed by atoms with Gasteiger partial charge < -0.3 is 5.32 Å². The molecule has 0 radical (unpaired) electrons. The number of halogens is 2. The highest BCUT2D eigenvalue weighted by molar-refractivity contribution is 7.13. The zero-order valence-corrected chi connectivity index (χ0v) is 13.3. The van der Waals surface area contributed by atoms with Gasteiger partial charge in [0, 0.05) is 36.3 Å². The molecule has 3 aromatic rings. The number of rotatable bonds is 5. The lowest BCUT2D eigenvalue weighted by atomic mass is 10.2. The highest BCUT2D eigenvalue weighted by Gasteiger charge is 2.14. The first-order valence-electron chi connectivity index (χ1n) is 7.22. The van der Waals surface area contributed by atoms with Gasteiger partial charge in [0.2, 0.25) is 0 Å². The highest BCUT2D eigenvalue weighted by atomic mass is 32.1. The van der Waals surface area contributed by atoms with Gasteiger partial charge in [-0.25, -0.2) is 13.8 Å². The van der Waals surface area contributed by atoms with Crippen LogP contribution in [-0.2, 0) is 6.42 Å². The quantitative estimate of drug-likeness (QED) is 0.770. The van der Waals surface area contributed by atoms with Crippen molar-refractivity contribution in [3.8, 4) is 10.6 Å². The lowest BCUT2D eigenvalue weighted by molar-refractivity contribution is 0.0954. The average molecular weight is 345 g/mol. The minimum Gasteiger partial charge on any atom is -0.352 e. The first-order chi connectivity index (χ1) is 11.6. The first kappa shape index (κ1) is 16.2. The summed E-state index contributed by atoms with van der Waals surface area (Å²) in [6.07, 6.45) is 3.57. The summed E-state index contributed by atoms with van der Waals surface area (Å²) in [4.78, 5) is 20.0. The molecule has 0 saturated carbocycles. The lowest BCUT2D eigenvalue weighted by Crippen LogP contribution is -2.25. The minimum absolute atomic E-state index is 0.116. The van der Waals surface area contributed by atoms with Crippen molar-refractivity contribution in [1.29, 1.82) is 0 Å². The number of carbonyl (C=O) groups is 1. The third kappa shape index (κ3) is 3.62. The fourth-order valence-corrected chi connectivity index (χ4v) is 3.05. The van der Waals surface area contributed by atoms with Crippen LogP contribution in [0.4, 0.5) is 8.78 Å². The molecule has 0 aliphatic carbocycles. The number of carbonyl (C=O) groups excluding carboxylic acids is 1. The maximum Gasteiger partial charge on any atom is 0.251 e. The van der Waals surface area contributed by atoms with E-state index in [0.29, 0.717) is 29.2 Å². The lowest BCUT2D eigenvalue weighted by Gasteiger charge is -2.03. The molecule has 0 fully saturated rings. The summed E-state index contributed by atoms with van der Waals surface area (Å²) in [5.74, 6) is -1.48. The Bertz CT molecular complexity index is 832. The highest BCUT2D eigenvalue weighted by Crippen LogP contribution is 2.28. The molecule has 0 spiro atoms. The molecule has 2 heterocycles. The van der Waals surface area contributed by atoms with Crippen LogP contribution < -0.4 is 5.32 Å². The van der Waals surface area contributed by atoms with Gasteiger partial charge in [-0.3, -0.25) is 9.78 Å². The Morgan fingerprint density at radius 2 is 1.83 bits per heavy atom. The van der Waals surface area contributed by atoms with Crippen molar-refractivity contribution in [3.05, 3.63) is 71.0 Å². The van der Waals surface area contributed by atoms with E-state index in [2.05, 4.69) is 15.3 Å². The minimum atomic E-state index is -0.637. The fraction of sp³-hybridized carbons (Fsp3) is 0.118. The van der Waals surface area contributed by atoms with Crippen molar-refractivity contribution in [1.82, 2.24) is 15.3 Å². The van der Waals surface area contributed by atoms with Crippen LogP contribution in [0.3, 0.4) is 0 Å². The summed E-state index contributed by atoms with van der Waals surface area (Å²) in [7, 11) is 0. The topological polar surface area (TPSA) is 54.9 Å². The van der Waals surface area contributed by atoms with Crippen LogP contribution in [0.15, 0.2) is 48.1 Å². The Morgan fingerprint density at radius 3 is 2.54 bits per heavy atom. The molecule has 1 aromatic carbocycles. The molecule has 7 heteroatoms. The van der Waals surface area contributed by atoms with Crippen molar-refractivity contribution in [2.24, 2.45) is 0 Å². The SMILES string of the molecule is O=C(NCCc1csc(-c2c(F)cccc2F)n1)c1ccncc1. The summed E-state index contributed by atoms with van der Waals surface area (Å²) < 4.78 is 27.5. The number of nitrogens with one attached hydrogen (secondary N) is 1. The molecule has 2 aromatic heterocycles. The van der Waals surface area contributed by atoms with Gasteiger partial charge in [-0.1, -0.05) is 6.07 Å². The number of thiazole rings is 1. The van der Waals surface area contributed by atoms with Crippen LogP contribution in [0, 0.1) is 11.6 Å². The molecule has 3 rings (SSSR count). The molecule has 0 unspecified atom stereocenters. The molecule has 122 valence electrons. The van der Waals surface area contributed by atoms with Crippen LogP contribution in [0.2, 0.25) is 0 Å². The van der Waals surface area contributed by atoms with Crippen LogP contribution in [0.1, 0.15) is 16.1 Å². The second-order valence-corrected chi connectivity index (χ2v) is 5.84. The van der Waals surface area contributed by atoms with E-state index in [-0.39, 0.29) is 11.5 Å². The number of pyridine rings is 1. The van der Waals surface area contributed by atoms with Crippen LogP contribution in [0.25, 0.3) is 10.6 Å². The van der Waals surface area contributed by atoms with E-state index in [1.807, 2.05) is 0 Å². The monoisotopic (exact) mass is 345 g/mol. The Hall–Kier alpha value is -2.67. The third-order valence-corrected chi connectivity index (χ3v) is 4.25. The Kier molecular flexibility index (Phi) is 4.90. The van der Waals surface area contributed by atoms with E-state index < -0.39 is 11.6 Å². The average Bonchev–Trinajstić information content (AvgIpc) is 3.04. The molecule has 1 amide bonds. The molecule has 0 aliphatic rings. The maximum absolute atomic E-state index is 13.8. The third-order valence-electron chi connectivity index (χ3n) is 3.34. The molecule has 4 nitrogen and oxygen atoms in total. The molecule has 0 aliphatic heterocycles. The summed E-state index contributed by atoms with van der Waals surface area (Å²) in [5.41, 5.74) is 1.08. The van der Waals surface area contributed by atoms with E-state index in [4.69, 9.17) is 0 Å². The maximum atomic E-state index is 13.8. The van der Waals surface area contributed by atoms with E-state index in [0.717, 1.165) is 0 Å². The van der Waals surface area contributed by atoms with E-state index in [1.165, 1.54) is 29.5 Å². The van der Waals surface area contributed by atoms with E-state index in [9.17, 15) is 13.6 Å². The number of benzene rings is 1. The normalized spacial score (nSPS) is 10.6. The Labute approximate surface area is 141 Å². The largest absolute Gasteiger partial charge is 0.352 e. The van der Waals surface area contributed by atoms with Crippen LogP contribution >= 0.6 is 11.3 Å². The molecule has 1 N–H and O–H groups in total. The zero-order valence-electron chi connectivity index (χ0n) is 12.5. The zero-order chi connectivity index (χ0) is 16.9. The second kappa shape index (κ2) is 7.27. The van der Waals surface area contributed by atoms with Crippen LogP contribution in [0.5, 0.6) is 0 Å². The number of amides is 1. The van der Waals surface area contributed by atoms with Gasteiger partial charge in [-0.15, -0.1) is 11.3 Å². The predicted octanol–water partition coefficient (Wildman–Crippen LogP) is 3.46. The van der Waals surface area contributed by atoms with Crippen molar-refractivity contribution in [2.75, 3.05) is 6.54 Å². The molecular formula is C17H13F2N3OS. The summed E-state index contributed by atoms with van der Waals surface area (Å²) in [6.45, 7) is 0.379. The van der Waals surface area contributed by atoms with Crippen LogP contribution in [-0.4, -0.2) is 22.4 Å². The van der Waals surface area contributed by atoms with Gasteiger partial charge in [0.25, 0.3) is 5.91 Å². The van der Waals surface area contributed by atoms with Gasteiger partial charge in [0.05, 0.1) is 11.3 Å². The van der Waals surface area contributed by atoms with Crippen molar-refractivity contribution < 1.29 is 13.6 Å². The van der Waals surface area contributed by atoms with Crippen molar-refractivity contribution >= 4 is 17.2 Å². The number of hydrogen-bond acceptors (Lipinski definition) is 4. The van der Waals surface area contributed by atoms with Crippen molar-refractivity contribution in [2.45, 2.75) is 6.42 Å². The molecular weight excluding hydrogens is 332 g/mol. The fourth-order valence-electron chi connectivity index (χ4n) is 2.15. The van der Waals surface area contributed by atoms with Gasteiger partial charge in [0.1, 0.15) is 16.6 Å². The smallest absolute Gasteiger partial charge is 0.251 e. The second-order valence-electron chi connectivity index (χ2n) is 4.98. The number of nitrogens with zero attached hydrogens (tertiary/aromatic N) is 2. The first-order valence-corrected chi connectivity index (χ1v) is 8.10.